The van der Waals surface area contributed by atoms with Crippen LogP contribution in [0.2, 0.25) is 0 Å². The van der Waals surface area contributed by atoms with Crippen LogP contribution in [-0.2, 0) is 20.0 Å². The monoisotopic (exact) mass is 328 g/mol. The fourth-order valence-electron chi connectivity index (χ4n) is 1.01. The Balaban J connectivity index is 3.20. The summed E-state index contributed by atoms with van der Waals surface area (Å²) in [6.45, 7) is 0. The second kappa shape index (κ2) is 4.32. The summed E-state index contributed by atoms with van der Waals surface area (Å²) in [5.74, 6) is 0. The molecule has 0 fully saturated rings. The predicted octanol–water partition coefficient (Wildman–Crippen LogP) is 0.468. The molecular formula is C7H9BrN2O4S2. The number of hydrogen-bond donors (Lipinski definition) is 2. The zero-order valence-electron chi connectivity index (χ0n) is 8.14. The summed E-state index contributed by atoms with van der Waals surface area (Å²) >= 11 is 3.00. The highest BCUT2D eigenvalue weighted by Gasteiger charge is 2.13. The van der Waals surface area contributed by atoms with Crippen molar-refractivity contribution in [2.75, 3.05) is 11.0 Å². The first-order chi connectivity index (χ1) is 7.09. The minimum atomic E-state index is -3.82. The first-order valence-corrected chi connectivity index (χ1v) is 8.13. The molecule has 0 aliphatic carbocycles. The second-order valence-electron chi connectivity index (χ2n) is 3.06. The molecule has 90 valence electrons. The third kappa shape index (κ3) is 3.74. The molecule has 9 heteroatoms. The average Bonchev–Trinajstić information content (AvgIpc) is 1.97. The van der Waals surface area contributed by atoms with Crippen molar-refractivity contribution in [2.24, 2.45) is 5.14 Å². The molecule has 1 rings (SSSR count). The Morgan fingerprint density at radius 3 is 2.19 bits per heavy atom. The lowest BCUT2D eigenvalue weighted by Gasteiger charge is -2.06. The first kappa shape index (κ1) is 13.4. The number of nitrogens with two attached hydrogens (primary N) is 1. The zero-order chi connectivity index (χ0) is 12.6. The number of benzene rings is 1. The summed E-state index contributed by atoms with van der Waals surface area (Å²) in [4.78, 5) is -0.105. The molecule has 6 nitrogen and oxygen atoms in total. The standard InChI is InChI=1S/C7H9BrN2O4S2/c1-15(11,12)10-5-2-3-7(6(8)4-5)16(9,13)14/h2-4,10H,1H3,(H2,9,13,14). The van der Waals surface area contributed by atoms with Gasteiger partial charge in [-0.1, -0.05) is 0 Å². The Morgan fingerprint density at radius 1 is 1.25 bits per heavy atom. The Bertz CT molecular complexity index is 609. The van der Waals surface area contributed by atoms with Gasteiger partial charge in [0.15, 0.2) is 0 Å². The van der Waals surface area contributed by atoms with E-state index >= 15 is 0 Å². The van der Waals surface area contributed by atoms with Crippen LogP contribution in [0.1, 0.15) is 0 Å². The van der Waals surface area contributed by atoms with Crippen LogP contribution in [-0.4, -0.2) is 23.1 Å². The van der Waals surface area contributed by atoms with Crippen LogP contribution in [0.4, 0.5) is 5.69 Å². The van der Waals surface area contributed by atoms with E-state index in [1.807, 2.05) is 0 Å². The van der Waals surface area contributed by atoms with E-state index in [1.165, 1.54) is 18.2 Å². The van der Waals surface area contributed by atoms with Crippen molar-refractivity contribution in [1.82, 2.24) is 0 Å². The maximum absolute atomic E-state index is 11.1. The summed E-state index contributed by atoms with van der Waals surface area (Å²) in [6.07, 6.45) is 0.995. The van der Waals surface area contributed by atoms with Gasteiger partial charge in [-0.15, -0.1) is 0 Å². The van der Waals surface area contributed by atoms with Gasteiger partial charge in [0, 0.05) is 10.2 Å². The van der Waals surface area contributed by atoms with E-state index in [0.717, 1.165) is 6.26 Å². The van der Waals surface area contributed by atoms with Crippen molar-refractivity contribution in [2.45, 2.75) is 4.90 Å². The lowest BCUT2D eigenvalue weighted by atomic mass is 10.3. The first-order valence-electron chi connectivity index (χ1n) is 3.90. The molecule has 16 heavy (non-hydrogen) atoms. The van der Waals surface area contributed by atoms with Crippen LogP contribution >= 0.6 is 15.9 Å². The van der Waals surface area contributed by atoms with Gasteiger partial charge < -0.3 is 0 Å². The molecule has 0 bridgehead atoms. The fraction of sp³-hybridized carbons (Fsp3) is 0.143. The van der Waals surface area contributed by atoms with E-state index in [0.29, 0.717) is 0 Å². The molecule has 0 heterocycles. The van der Waals surface area contributed by atoms with E-state index in [2.05, 4.69) is 20.7 Å². The highest BCUT2D eigenvalue weighted by Crippen LogP contribution is 2.24. The lowest BCUT2D eigenvalue weighted by Crippen LogP contribution is -2.14. The second-order valence-corrected chi connectivity index (χ2v) is 7.20. The molecule has 0 aliphatic rings. The van der Waals surface area contributed by atoms with Gasteiger partial charge in [0.1, 0.15) is 0 Å². The van der Waals surface area contributed by atoms with Crippen molar-refractivity contribution in [3.63, 3.8) is 0 Å². The zero-order valence-corrected chi connectivity index (χ0v) is 11.4. The summed E-state index contributed by atoms with van der Waals surface area (Å²) in [5.41, 5.74) is 0.252. The number of hydrogen-bond acceptors (Lipinski definition) is 4. The molecular weight excluding hydrogens is 320 g/mol. The van der Waals surface area contributed by atoms with Gasteiger partial charge in [-0.2, -0.15) is 0 Å². The van der Waals surface area contributed by atoms with Crippen LogP contribution in [0.15, 0.2) is 27.6 Å². The maximum atomic E-state index is 11.1. The Morgan fingerprint density at radius 2 is 1.81 bits per heavy atom. The van der Waals surface area contributed by atoms with Gasteiger partial charge in [0.2, 0.25) is 20.0 Å². The third-order valence-corrected chi connectivity index (χ3v) is 4.04. The number of nitrogens with one attached hydrogen (secondary N) is 1. The van der Waals surface area contributed by atoms with Crippen LogP contribution < -0.4 is 9.86 Å². The van der Waals surface area contributed by atoms with E-state index in [-0.39, 0.29) is 15.1 Å². The predicted molar refractivity (Wildman–Crippen MR) is 64.0 cm³/mol. The Labute approximate surface area is 102 Å². The van der Waals surface area contributed by atoms with Crippen molar-refractivity contribution in [3.05, 3.63) is 22.7 Å². The topological polar surface area (TPSA) is 106 Å². The van der Waals surface area contributed by atoms with Gasteiger partial charge >= 0.3 is 0 Å². The molecule has 0 aromatic heterocycles. The number of halogens is 1. The molecule has 1 aromatic carbocycles. The molecule has 0 amide bonds. The van der Waals surface area contributed by atoms with Crippen molar-refractivity contribution in [1.29, 1.82) is 0 Å². The average molecular weight is 329 g/mol. The summed E-state index contributed by atoms with van der Waals surface area (Å²) in [6, 6.07) is 3.85. The molecule has 0 atom stereocenters. The van der Waals surface area contributed by atoms with E-state index in [9.17, 15) is 16.8 Å². The van der Waals surface area contributed by atoms with Crippen molar-refractivity contribution in [3.8, 4) is 0 Å². The SMILES string of the molecule is CS(=O)(=O)Nc1ccc(S(N)(=O)=O)c(Br)c1. The number of rotatable bonds is 3. The van der Waals surface area contributed by atoms with Crippen LogP contribution in [0.5, 0.6) is 0 Å². The lowest BCUT2D eigenvalue weighted by molar-refractivity contribution is 0.597. The van der Waals surface area contributed by atoms with Crippen molar-refractivity contribution < 1.29 is 16.8 Å². The summed E-state index contributed by atoms with van der Waals surface area (Å²) in [5, 5.41) is 4.94. The number of primary sulfonamides is 1. The Kier molecular flexibility index (Phi) is 3.62. The van der Waals surface area contributed by atoms with Gasteiger partial charge in [0.25, 0.3) is 0 Å². The van der Waals surface area contributed by atoms with Gasteiger partial charge in [-0.05, 0) is 34.1 Å². The fourth-order valence-corrected chi connectivity index (χ4v) is 3.21. The maximum Gasteiger partial charge on any atom is 0.239 e. The molecule has 0 saturated carbocycles. The summed E-state index contributed by atoms with van der Waals surface area (Å²) < 4.78 is 46.4. The normalized spacial score (nSPS) is 12.4. The van der Waals surface area contributed by atoms with Crippen LogP contribution in [0.25, 0.3) is 0 Å². The molecule has 0 aliphatic heterocycles. The third-order valence-electron chi connectivity index (χ3n) is 1.54. The van der Waals surface area contributed by atoms with Crippen LogP contribution in [0.3, 0.4) is 0 Å². The van der Waals surface area contributed by atoms with Crippen molar-refractivity contribution >= 4 is 41.7 Å². The minimum absolute atomic E-state index is 0.105. The molecule has 0 saturated heterocycles. The molecule has 0 unspecified atom stereocenters. The van der Waals surface area contributed by atoms with E-state index in [1.54, 1.807) is 0 Å². The highest BCUT2D eigenvalue weighted by molar-refractivity contribution is 9.10. The highest BCUT2D eigenvalue weighted by atomic mass is 79.9. The number of anilines is 1. The largest absolute Gasteiger partial charge is 0.284 e. The molecule has 0 spiro atoms. The van der Waals surface area contributed by atoms with Crippen LogP contribution in [0, 0.1) is 0 Å². The minimum Gasteiger partial charge on any atom is -0.284 e. The quantitative estimate of drug-likeness (QED) is 0.840. The van der Waals surface area contributed by atoms with Gasteiger partial charge in [-0.25, -0.2) is 22.0 Å². The van der Waals surface area contributed by atoms with Gasteiger partial charge in [-0.3, -0.25) is 4.72 Å². The molecule has 0 radical (unpaired) electrons. The molecule has 3 N–H and O–H groups in total. The van der Waals surface area contributed by atoms with E-state index in [4.69, 9.17) is 5.14 Å². The van der Waals surface area contributed by atoms with E-state index < -0.39 is 20.0 Å². The molecule has 1 aromatic rings. The Hall–Kier alpha value is -0.640. The smallest absolute Gasteiger partial charge is 0.239 e. The summed E-state index contributed by atoms with van der Waals surface area (Å²) in [7, 11) is -7.21. The number of sulfonamides is 2. The van der Waals surface area contributed by atoms with Gasteiger partial charge in [0.05, 0.1) is 11.2 Å².